The van der Waals surface area contributed by atoms with E-state index in [4.69, 9.17) is 5.73 Å². The average molecular weight is 258 g/mol. The molecule has 1 heterocycles. The summed E-state index contributed by atoms with van der Waals surface area (Å²) in [5, 5.41) is 4.00. The Morgan fingerprint density at radius 1 is 1.71 bits per heavy atom. The van der Waals surface area contributed by atoms with Crippen molar-refractivity contribution < 1.29 is 4.79 Å². The van der Waals surface area contributed by atoms with E-state index < -0.39 is 5.54 Å². The third kappa shape index (κ3) is 1.31. The molecule has 0 saturated heterocycles. The number of aromatic nitrogens is 2. The summed E-state index contributed by atoms with van der Waals surface area (Å²) in [6.45, 7) is 0. The van der Waals surface area contributed by atoms with Crippen molar-refractivity contribution in [2.24, 2.45) is 12.8 Å². The molecule has 4 nitrogen and oxygen atoms in total. The molecule has 76 valence electrons. The minimum atomic E-state index is -0.643. The Labute approximate surface area is 90.6 Å². The first-order chi connectivity index (χ1) is 6.54. The highest BCUT2D eigenvalue weighted by molar-refractivity contribution is 9.10. The van der Waals surface area contributed by atoms with Crippen molar-refractivity contribution in [3.05, 3.63) is 16.4 Å². The molecular formula is C9H12BrN3O. The van der Waals surface area contributed by atoms with E-state index >= 15 is 0 Å². The highest BCUT2D eigenvalue weighted by Crippen LogP contribution is 2.33. The molecule has 14 heavy (non-hydrogen) atoms. The number of carbonyl (C=O) groups is 1. The molecule has 1 aliphatic carbocycles. The lowest BCUT2D eigenvalue weighted by molar-refractivity contribution is 0.0789. The molecule has 5 heteroatoms. The molecule has 0 aromatic carbocycles. The predicted molar refractivity (Wildman–Crippen MR) is 56.0 cm³/mol. The Bertz CT molecular complexity index is 362. The number of nitrogens with zero attached hydrogens (tertiary/aromatic N) is 2. The predicted octanol–water partition coefficient (Wildman–Crippen LogP) is 1.25. The lowest BCUT2D eigenvalue weighted by atomic mass is 9.74. The third-order valence-corrected chi connectivity index (χ3v) is 3.39. The largest absolute Gasteiger partial charge is 0.319 e. The van der Waals surface area contributed by atoms with E-state index in [9.17, 15) is 4.79 Å². The van der Waals surface area contributed by atoms with Crippen LogP contribution in [0, 0.1) is 0 Å². The van der Waals surface area contributed by atoms with Crippen molar-refractivity contribution in [1.82, 2.24) is 9.78 Å². The maximum atomic E-state index is 12.0. The van der Waals surface area contributed by atoms with Crippen LogP contribution in [0.3, 0.4) is 0 Å². The van der Waals surface area contributed by atoms with Crippen molar-refractivity contribution in [3.8, 4) is 0 Å². The molecule has 1 fully saturated rings. The Hall–Kier alpha value is -0.680. The van der Waals surface area contributed by atoms with Crippen LogP contribution in [0.25, 0.3) is 0 Å². The average Bonchev–Trinajstić information content (AvgIpc) is 2.41. The molecule has 0 aliphatic heterocycles. The zero-order chi connectivity index (χ0) is 10.3. The highest BCUT2D eigenvalue weighted by Gasteiger charge is 2.42. The first-order valence-corrected chi connectivity index (χ1v) is 5.35. The van der Waals surface area contributed by atoms with Gasteiger partial charge in [-0.1, -0.05) is 0 Å². The van der Waals surface area contributed by atoms with Gasteiger partial charge in [-0.3, -0.25) is 9.48 Å². The number of ketones is 1. The third-order valence-electron chi connectivity index (χ3n) is 2.81. The summed E-state index contributed by atoms with van der Waals surface area (Å²) in [6, 6.07) is 0. The van der Waals surface area contributed by atoms with Gasteiger partial charge in [-0.15, -0.1) is 0 Å². The maximum absolute atomic E-state index is 12.0. The fourth-order valence-corrected chi connectivity index (χ4v) is 2.21. The summed E-state index contributed by atoms with van der Waals surface area (Å²) in [5.41, 5.74) is 5.90. The number of Topliss-reactive ketones (excluding diaryl/α,β-unsaturated/α-hetero) is 1. The van der Waals surface area contributed by atoms with Crippen molar-refractivity contribution in [2.45, 2.75) is 24.8 Å². The molecular weight excluding hydrogens is 246 g/mol. The molecule has 2 rings (SSSR count). The number of hydrogen-bond acceptors (Lipinski definition) is 3. The molecule has 0 spiro atoms. The standard InChI is InChI=1S/C9H12BrN3O/c1-13-7(6(10)5-12-13)8(14)9(11)3-2-4-9/h5H,2-4,11H2,1H3. The van der Waals surface area contributed by atoms with Gasteiger partial charge in [0.2, 0.25) is 5.78 Å². The lowest BCUT2D eigenvalue weighted by Crippen LogP contribution is -2.54. The van der Waals surface area contributed by atoms with Crippen LogP contribution in [0.5, 0.6) is 0 Å². The monoisotopic (exact) mass is 257 g/mol. The van der Waals surface area contributed by atoms with E-state index in [1.165, 1.54) is 0 Å². The first kappa shape index (κ1) is 9.86. The van der Waals surface area contributed by atoms with Gasteiger partial charge >= 0.3 is 0 Å². The maximum Gasteiger partial charge on any atom is 0.201 e. The Morgan fingerprint density at radius 2 is 2.36 bits per heavy atom. The number of hydrogen-bond donors (Lipinski definition) is 1. The second-order valence-corrected chi connectivity index (χ2v) is 4.66. The van der Waals surface area contributed by atoms with Crippen molar-refractivity contribution >= 4 is 21.7 Å². The topological polar surface area (TPSA) is 60.9 Å². The van der Waals surface area contributed by atoms with E-state index in [-0.39, 0.29) is 5.78 Å². The summed E-state index contributed by atoms with van der Waals surface area (Å²) in [5.74, 6) is -0.00405. The minimum absolute atomic E-state index is 0.00405. The molecule has 1 aromatic heterocycles. The molecule has 1 aromatic rings. The molecule has 1 aliphatic rings. The van der Waals surface area contributed by atoms with Crippen LogP contribution in [-0.4, -0.2) is 21.1 Å². The molecule has 2 N–H and O–H groups in total. The molecule has 0 amide bonds. The molecule has 1 saturated carbocycles. The Kier molecular flexibility index (Phi) is 2.23. The lowest BCUT2D eigenvalue weighted by Gasteiger charge is -2.36. The van der Waals surface area contributed by atoms with Gasteiger partial charge in [-0.2, -0.15) is 5.10 Å². The van der Waals surface area contributed by atoms with E-state index in [1.807, 2.05) is 0 Å². The number of carbonyl (C=O) groups excluding carboxylic acids is 1. The van der Waals surface area contributed by atoms with Crippen LogP contribution in [0.2, 0.25) is 0 Å². The van der Waals surface area contributed by atoms with Crippen molar-refractivity contribution in [1.29, 1.82) is 0 Å². The van der Waals surface area contributed by atoms with Crippen LogP contribution in [0.4, 0.5) is 0 Å². The summed E-state index contributed by atoms with van der Waals surface area (Å²) in [7, 11) is 1.75. The van der Waals surface area contributed by atoms with E-state index in [0.29, 0.717) is 5.69 Å². The molecule has 0 radical (unpaired) electrons. The van der Waals surface area contributed by atoms with Gasteiger partial charge in [0.1, 0.15) is 5.69 Å². The number of rotatable bonds is 2. The number of halogens is 1. The Morgan fingerprint density at radius 3 is 2.71 bits per heavy atom. The van der Waals surface area contributed by atoms with Gasteiger partial charge in [0, 0.05) is 7.05 Å². The summed E-state index contributed by atoms with van der Waals surface area (Å²) < 4.78 is 2.29. The quantitative estimate of drug-likeness (QED) is 0.812. The molecule has 0 unspecified atom stereocenters. The van der Waals surface area contributed by atoms with Crippen LogP contribution >= 0.6 is 15.9 Å². The number of nitrogens with two attached hydrogens (primary N) is 1. The van der Waals surface area contributed by atoms with Gasteiger partial charge < -0.3 is 5.73 Å². The van der Waals surface area contributed by atoms with Crippen molar-refractivity contribution in [3.63, 3.8) is 0 Å². The van der Waals surface area contributed by atoms with Crippen LogP contribution < -0.4 is 5.73 Å². The van der Waals surface area contributed by atoms with Gasteiger partial charge in [0.05, 0.1) is 16.2 Å². The smallest absolute Gasteiger partial charge is 0.201 e. The SMILES string of the molecule is Cn1ncc(Br)c1C(=O)C1(N)CCC1. The van der Waals surface area contributed by atoms with Gasteiger partial charge in [-0.25, -0.2) is 0 Å². The minimum Gasteiger partial charge on any atom is -0.319 e. The first-order valence-electron chi connectivity index (χ1n) is 4.56. The van der Waals surface area contributed by atoms with Gasteiger partial charge in [-0.05, 0) is 35.2 Å². The van der Waals surface area contributed by atoms with Gasteiger partial charge in [0.25, 0.3) is 0 Å². The second kappa shape index (κ2) is 3.17. The fourth-order valence-electron chi connectivity index (χ4n) is 1.69. The summed E-state index contributed by atoms with van der Waals surface area (Å²) in [4.78, 5) is 12.0. The van der Waals surface area contributed by atoms with E-state index in [1.54, 1.807) is 17.9 Å². The zero-order valence-electron chi connectivity index (χ0n) is 7.96. The fraction of sp³-hybridized carbons (Fsp3) is 0.556. The van der Waals surface area contributed by atoms with E-state index in [0.717, 1.165) is 23.7 Å². The summed E-state index contributed by atoms with van der Waals surface area (Å²) >= 11 is 3.30. The van der Waals surface area contributed by atoms with Crippen LogP contribution in [0.1, 0.15) is 29.8 Å². The number of aryl methyl sites for hydroxylation is 1. The van der Waals surface area contributed by atoms with Crippen molar-refractivity contribution in [2.75, 3.05) is 0 Å². The summed E-state index contributed by atoms with van der Waals surface area (Å²) in [6.07, 6.45) is 4.22. The molecule has 0 bridgehead atoms. The van der Waals surface area contributed by atoms with Crippen LogP contribution in [-0.2, 0) is 7.05 Å². The molecule has 0 atom stereocenters. The zero-order valence-corrected chi connectivity index (χ0v) is 9.54. The highest BCUT2D eigenvalue weighted by atomic mass is 79.9. The Balaban J connectivity index is 2.35. The van der Waals surface area contributed by atoms with Gasteiger partial charge in [0.15, 0.2) is 0 Å². The van der Waals surface area contributed by atoms with Crippen LogP contribution in [0.15, 0.2) is 10.7 Å². The second-order valence-electron chi connectivity index (χ2n) is 3.80. The van der Waals surface area contributed by atoms with E-state index in [2.05, 4.69) is 21.0 Å². The normalized spacial score (nSPS) is 19.1.